The molecule has 0 aliphatic carbocycles. The number of hydrogen-bond acceptors (Lipinski definition) is 3. The van der Waals surface area contributed by atoms with Crippen LogP contribution in [-0.2, 0) is 10.4 Å². The van der Waals surface area contributed by atoms with Gasteiger partial charge in [-0.05, 0) is 18.2 Å². The average molecular weight is 249 g/mol. The Morgan fingerprint density at radius 2 is 2.12 bits per heavy atom. The van der Waals surface area contributed by atoms with Gasteiger partial charge in [-0.25, -0.2) is 0 Å². The first-order valence-corrected chi connectivity index (χ1v) is 5.27. The van der Waals surface area contributed by atoms with Gasteiger partial charge in [0.1, 0.15) is 0 Å². The molecule has 88 valence electrons. The molecule has 0 radical (unpaired) electrons. The molecule has 0 aliphatic rings. The first-order valence-electron chi connectivity index (χ1n) is 4.52. The van der Waals surface area contributed by atoms with Crippen molar-refractivity contribution < 1.29 is 17.4 Å². The van der Waals surface area contributed by atoms with Crippen LogP contribution < -0.4 is 0 Å². The number of halogens is 3. The summed E-state index contributed by atoms with van der Waals surface area (Å²) < 4.78 is 41.9. The largest absolute Gasteiger partial charge is 0.416 e. The highest BCUT2D eigenvalue weighted by molar-refractivity contribution is 7.95. The Labute approximate surface area is 95.5 Å². The highest BCUT2D eigenvalue weighted by Crippen LogP contribution is 2.32. The summed E-state index contributed by atoms with van der Waals surface area (Å²) in [7, 11) is 0. The summed E-state index contributed by atoms with van der Waals surface area (Å²) >= 11 is 0.759. The first-order chi connectivity index (χ1) is 7.43. The third kappa shape index (κ3) is 3.77. The molecule has 0 amide bonds. The fraction of sp³-hybridized carbons (Fsp3) is 0.300. The monoisotopic (exact) mass is 249 g/mol. The van der Waals surface area contributed by atoms with Crippen LogP contribution >= 0.6 is 12.0 Å². The molecule has 2 nitrogen and oxygen atoms in total. The molecule has 6 heteroatoms. The van der Waals surface area contributed by atoms with Gasteiger partial charge < -0.3 is 4.18 Å². The zero-order valence-corrected chi connectivity index (χ0v) is 9.28. The quantitative estimate of drug-likeness (QED) is 0.496. The second kappa shape index (κ2) is 5.25. The Bertz CT molecular complexity index is 379. The molecule has 0 unspecified atom stereocenters. The first kappa shape index (κ1) is 12.9. The van der Waals surface area contributed by atoms with Gasteiger partial charge in [0.25, 0.3) is 0 Å². The minimum absolute atomic E-state index is 0.0300. The van der Waals surface area contributed by atoms with Gasteiger partial charge in [0.05, 0.1) is 17.6 Å². The van der Waals surface area contributed by atoms with Crippen molar-refractivity contribution in [2.75, 3.05) is 0 Å². The van der Waals surface area contributed by atoms with Crippen LogP contribution in [0.25, 0.3) is 0 Å². The summed E-state index contributed by atoms with van der Waals surface area (Å²) in [5.41, 5.74) is -0.718. The Hall–Kier alpha value is -1.17. The normalized spacial score (nSPS) is 11.2. The smallest absolute Gasteiger partial charge is 0.406 e. The van der Waals surface area contributed by atoms with Crippen LogP contribution in [0, 0.1) is 5.41 Å². The second-order valence-corrected chi connectivity index (χ2v) is 3.77. The van der Waals surface area contributed by atoms with E-state index in [4.69, 9.17) is 9.59 Å². The van der Waals surface area contributed by atoms with Gasteiger partial charge >= 0.3 is 6.18 Å². The van der Waals surface area contributed by atoms with Gasteiger partial charge in [-0.3, -0.25) is 5.41 Å². The molecule has 0 saturated carbocycles. The Morgan fingerprint density at radius 3 is 2.69 bits per heavy atom. The van der Waals surface area contributed by atoms with Gasteiger partial charge in [-0.1, -0.05) is 13.0 Å². The van der Waals surface area contributed by atoms with E-state index in [1.165, 1.54) is 12.1 Å². The molecule has 0 saturated heterocycles. The number of nitrogens with one attached hydrogen (secondary N) is 1. The van der Waals surface area contributed by atoms with Crippen molar-refractivity contribution in [3.05, 3.63) is 29.8 Å². The molecule has 1 rings (SSSR count). The molecular formula is C10H10F3NOS. The molecule has 0 atom stereocenters. The lowest BCUT2D eigenvalue weighted by molar-refractivity contribution is -0.137. The molecule has 0 aliphatic heterocycles. The lowest BCUT2D eigenvalue weighted by Gasteiger charge is -2.08. The van der Waals surface area contributed by atoms with E-state index >= 15 is 0 Å². The zero-order valence-electron chi connectivity index (χ0n) is 8.47. The number of rotatable bonds is 3. The fourth-order valence-corrected chi connectivity index (χ4v) is 1.51. The zero-order chi connectivity index (χ0) is 12.2. The average Bonchev–Trinajstić information content (AvgIpc) is 2.25. The van der Waals surface area contributed by atoms with E-state index in [0.717, 1.165) is 24.2 Å². The van der Waals surface area contributed by atoms with E-state index in [0.29, 0.717) is 11.3 Å². The van der Waals surface area contributed by atoms with Crippen molar-refractivity contribution in [2.24, 2.45) is 0 Å². The van der Waals surface area contributed by atoms with E-state index in [1.54, 1.807) is 6.92 Å². The van der Waals surface area contributed by atoms with E-state index in [9.17, 15) is 13.2 Å². The predicted octanol–water partition coefficient (Wildman–Crippen LogP) is 4.12. The van der Waals surface area contributed by atoms with Crippen LogP contribution in [0.4, 0.5) is 13.2 Å². The van der Waals surface area contributed by atoms with Gasteiger partial charge in [-0.15, -0.1) is 0 Å². The summed E-state index contributed by atoms with van der Waals surface area (Å²) in [4.78, 5) is 0.327. The van der Waals surface area contributed by atoms with Crippen molar-refractivity contribution in [1.29, 1.82) is 5.41 Å². The van der Waals surface area contributed by atoms with Crippen molar-refractivity contribution in [3.8, 4) is 0 Å². The van der Waals surface area contributed by atoms with Crippen molar-refractivity contribution in [3.63, 3.8) is 0 Å². The van der Waals surface area contributed by atoms with E-state index in [-0.39, 0.29) is 5.90 Å². The minimum atomic E-state index is -4.35. The number of hydrogen-bond donors (Lipinski definition) is 1. The minimum Gasteiger partial charge on any atom is -0.406 e. The second-order valence-electron chi connectivity index (χ2n) is 2.97. The molecule has 1 N–H and O–H groups in total. The van der Waals surface area contributed by atoms with E-state index in [1.807, 2.05) is 0 Å². The molecule has 0 spiro atoms. The van der Waals surface area contributed by atoms with Gasteiger partial charge in [0.2, 0.25) is 0 Å². The molecule has 0 fully saturated rings. The Kier molecular flexibility index (Phi) is 4.23. The summed E-state index contributed by atoms with van der Waals surface area (Å²) in [5, 5.41) is 7.20. The lowest BCUT2D eigenvalue weighted by Crippen LogP contribution is -2.04. The van der Waals surface area contributed by atoms with Crippen LogP contribution in [0.3, 0.4) is 0 Å². The maximum atomic E-state index is 12.3. The van der Waals surface area contributed by atoms with E-state index in [2.05, 4.69) is 0 Å². The summed E-state index contributed by atoms with van der Waals surface area (Å²) in [5.74, 6) is 0.0300. The topological polar surface area (TPSA) is 33.1 Å². The van der Waals surface area contributed by atoms with Crippen molar-refractivity contribution in [1.82, 2.24) is 0 Å². The van der Waals surface area contributed by atoms with Crippen LogP contribution in [0.15, 0.2) is 29.2 Å². The van der Waals surface area contributed by atoms with Crippen LogP contribution in [0.1, 0.15) is 18.9 Å². The van der Waals surface area contributed by atoms with Gasteiger partial charge in [-0.2, -0.15) is 13.2 Å². The summed E-state index contributed by atoms with van der Waals surface area (Å²) in [6, 6.07) is 4.80. The molecule has 1 aromatic carbocycles. The fourth-order valence-electron chi connectivity index (χ4n) is 0.882. The molecule has 16 heavy (non-hydrogen) atoms. The molecule has 0 bridgehead atoms. The number of benzene rings is 1. The molecule has 0 heterocycles. The maximum absolute atomic E-state index is 12.3. The highest BCUT2D eigenvalue weighted by atomic mass is 32.2. The Morgan fingerprint density at radius 1 is 1.44 bits per heavy atom. The van der Waals surface area contributed by atoms with Crippen molar-refractivity contribution in [2.45, 2.75) is 24.4 Å². The third-order valence-corrected chi connectivity index (χ3v) is 2.45. The highest BCUT2D eigenvalue weighted by Gasteiger charge is 2.30. The molecule has 0 aromatic heterocycles. The van der Waals surface area contributed by atoms with E-state index < -0.39 is 11.7 Å². The lowest BCUT2D eigenvalue weighted by atomic mass is 10.2. The Balaban J connectivity index is 2.72. The number of alkyl halides is 3. The standard InChI is InChI=1S/C10H10F3NOS/c1-2-9(14)15-16-8-5-3-4-7(6-8)10(11,12)13/h3-6,14H,2H2,1H3. The van der Waals surface area contributed by atoms with Crippen LogP contribution in [-0.4, -0.2) is 5.90 Å². The van der Waals surface area contributed by atoms with Gasteiger partial charge in [0.15, 0.2) is 5.90 Å². The summed E-state index contributed by atoms with van der Waals surface area (Å²) in [6.45, 7) is 1.73. The predicted molar refractivity (Wildman–Crippen MR) is 56.4 cm³/mol. The maximum Gasteiger partial charge on any atom is 0.416 e. The summed E-state index contributed by atoms with van der Waals surface area (Å²) in [6.07, 6.45) is -3.94. The van der Waals surface area contributed by atoms with Gasteiger partial charge in [0, 0.05) is 11.3 Å². The SMILES string of the molecule is CCC(=N)OSc1cccc(C(F)(F)F)c1. The third-order valence-electron chi connectivity index (χ3n) is 1.72. The molecular weight excluding hydrogens is 239 g/mol. The van der Waals surface area contributed by atoms with Crippen LogP contribution in [0.2, 0.25) is 0 Å². The van der Waals surface area contributed by atoms with Crippen molar-refractivity contribution >= 4 is 17.9 Å². The molecule has 1 aromatic rings. The van der Waals surface area contributed by atoms with Crippen LogP contribution in [0.5, 0.6) is 0 Å².